The maximum Gasteiger partial charge on any atom is 0.354 e. The molecule has 4 aromatic rings. The van der Waals surface area contributed by atoms with Gasteiger partial charge in [0.05, 0.1) is 23.3 Å². The lowest BCUT2D eigenvalue weighted by Gasteiger charge is -2.27. The minimum absolute atomic E-state index is 0.114. The second-order valence-electron chi connectivity index (χ2n) is 8.66. The number of aromatic carboxylic acids is 1. The van der Waals surface area contributed by atoms with E-state index in [4.69, 9.17) is 16.3 Å². The number of fused-ring (bicyclic) bond motifs is 1. The molecular weight excluding hydrogens is 532 g/mol. The number of nitrogens with zero attached hydrogens (tertiary/aromatic N) is 2. The number of hydrogen-bond acceptors (Lipinski definition) is 6. The number of nitrogens with one attached hydrogen (secondary N) is 1. The number of halogens is 3. The molecule has 2 aromatic heterocycles. The molecule has 0 spiro atoms. The van der Waals surface area contributed by atoms with Gasteiger partial charge in [-0.15, -0.1) is 0 Å². The van der Waals surface area contributed by atoms with Crippen LogP contribution >= 0.6 is 11.6 Å². The number of pyridine rings is 1. The molecule has 2 N–H and O–H groups in total. The number of methoxy groups -OCH3 is 1. The molecule has 4 rings (SSSR count). The minimum atomic E-state index is -4.61. The maximum atomic E-state index is 14.6. The van der Waals surface area contributed by atoms with Crippen LogP contribution in [0.15, 0.2) is 46.1 Å². The van der Waals surface area contributed by atoms with Crippen LogP contribution in [-0.2, 0) is 14.6 Å². The molecule has 0 unspecified atom stereocenters. The van der Waals surface area contributed by atoms with E-state index >= 15 is 0 Å². The molecule has 13 heteroatoms. The number of benzene rings is 2. The largest absolute Gasteiger partial charge is 0.495 e. The number of carboxylic acids is 1. The Bertz CT molecular complexity index is 1740. The van der Waals surface area contributed by atoms with Crippen molar-refractivity contribution in [3.05, 3.63) is 80.4 Å². The zero-order chi connectivity index (χ0) is 27.4. The zero-order valence-electron chi connectivity index (χ0n) is 19.9. The summed E-state index contributed by atoms with van der Waals surface area (Å²) in [6.07, 6.45) is 0. The van der Waals surface area contributed by atoms with E-state index in [-0.39, 0.29) is 33.3 Å². The molecule has 0 aliphatic heterocycles. The van der Waals surface area contributed by atoms with E-state index in [0.717, 1.165) is 48.7 Å². The number of ether oxygens (including phenoxy) is 1. The predicted molar refractivity (Wildman–Crippen MR) is 132 cm³/mol. The van der Waals surface area contributed by atoms with Crippen LogP contribution in [-0.4, -0.2) is 41.1 Å². The first kappa shape index (κ1) is 26.3. The van der Waals surface area contributed by atoms with Gasteiger partial charge in [0.15, 0.2) is 21.2 Å². The SMILES string of the molecule is COc1cc(Cl)c(-n2c(=O)[nH]c3c(C)cc(C(=O)O)nc32)cc1S(=O)(=O)C(C)(C)c1c(F)cccc1F. The third-order valence-corrected chi connectivity index (χ3v) is 8.81. The highest BCUT2D eigenvalue weighted by Gasteiger charge is 2.43. The number of imidazole rings is 1. The van der Waals surface area contributed by atoms with Crippen molar-refractivity contribution < 1.29 is 31.8 Å². The molecular formula is C24H20ClF2N3O6S. The first-order valence-electron chi connectivity index (χ1n) is 10.6. The van der Waals surface area contributed by atoms with Gasteiger partial charge >= 0.3 is 11.7 Å². The molecule has 37 heavy (non-hydrogen) atoms. The molecule has 0 bridgehead atoms. The van der Waals surface area contributed by atoms with E-state index in [0.29, 0.717) is 5.56 Å². The Hall–Kier alpha value is -3.77. The number of carboxylic acid groups (broad SMARTS) is 1. The number of rotatable bonds is 6. The van der Waals surface area contributed by atoms with Crippen molar-refractivity contribution in [2.45, 2.75) is 30.4 Å². The van der Waals surface area contributed by atoms with Gasteiger partial charge in [0, 0.05) is 11.6 Å². The van der Waals surface area contributed by atoms with Gasteiger partial charge in [-0.05, 0) is 50.6 Å². The lowest BCUT2D eigenvalue weighted by Crippen LogP contribution is -2.32. The van der Waals surface area contributed by atoms with Gasteiger partial charge in [-0.25, -0.2) is 36.3 Å². The van der Waals surface area contributed by atoms with Crippen molar-refractivity contribution in [3.8, 4) is 11.4 Å². The van der Waals surface area contributed by atoms with Crippen molar-refractivity contribution in [2.24, 2.45) is 0 Å². The molecule has 9 nitrogen and oxygen atoms in total. The van der Waals surface area contributed by atoms with Gasteiger partial charge in [-0.1, -0.05) is 17.7 Å². The minimum Gasteiger partial charge on any atom is -0.495 e. The Morgan fingerprint density at radius 2 is 1.81 bits per heavy atom. The van der Waals surface area contributed by atoms with E-state index in [2.05, 4.69) is 9.97 Å². The Morgan fingerprint density at radius 3 is 2.38 bits per heavy atom. The lowest BCUT2D eigenvalue weighted by atomic mass is 10.0. The van der Waals surface area contributed by atoms with Crippen LogP contribution in [0.25, 0.3) is 16.9 Å². The average molecular weight is 552 g/mol. The molecule has 2 aromatic carbocycles. The first-order chi connectivity index (χ1) is 17.2. The molecule has 0 amide bonds. The summed E-state index contributed by atoms with van der Waals surface area (Å²) in [6, 6.07) is 6.43. The summed E-state index contributed by atoms with van der Waals surface area (Å²) < 4.78 is 61.1. The molecule has 194 valence electrons. The third-order valence-electron chi connectivity index (χ3n) is 6.06. The summed E-state index contributed by atoms with van der Waals surface area (Å²) in [5.74, 6) is -3.70. The Kier molecular flexibility index (Phi) is 6.37. The molecule has 0 fully saturated rings. The highest BCUT2D eigenvalue weighted by molar-refractivity contribution is 7.92. The average Bonchev–Trinajstić information content (AvgIpc) is 3.14. The van der Waals surface area contributed by atoms with E-state index in [1.165, 1.54) is 13.2 Å². The van der Waals surface area contributed by atoms with Crippen molar-refractivity contribution in [2.75, 3.05) is 7.11 Å². The summed E-state index contributed by atoms with van der Waals surface area (Å²) in [5, 5.41) is 9.28. The molecule has 0 saturated carbocycles. The summed E-state index contributed by atoms with van der Waals surface area (Å²) >= 11 is 6.41. The second kappa shape index (κ2) is 8.96. The van der Waals surface area contributed by atoms with Crippen molar-refractivity contribution in [1.29, 1.82) is 0 Å². The Labute approximate surface area is 214 Å². The Morgan fingerprint density at radius 1 is 1.19 bits per heavy atom. The maximum absolute atomic E-state index is 14.6. The standard InChI is InChI=1S/C24H20ClF2N3O6S/c1-11-8-15(22(31)32)28-21-20(11)29-23(33)30(21)16-10-18(17(36-4)9-12(16)25)37(34,35)24(2,3)19-13(26)6-5-7-14(19)27/h5-10H,1-4H3,(H,29,33)(H,31,32). The monoisotopic (exact) mass is 551 g/mol. The first-order valence-corrected chi connectivity index (χ1v) is 12.5. The molecule has 0 aliphatic carbocycles. The van der Waals surface area contributed by atoms with Crippen LogP contribution < -0.4 is 10.4 Å². The quantitative estimate of drug-likeness (QED) is 0.364. The smallest absolute Gasteiger partial charge is 0.354 e. The highest BCUT2D eigenvalue weighted by atomic mass is 35.5. The summed E-state index contributed by atoms with van der Waals surface area (Å²) in [7, 11) is -3.43. The van der Waals surface area contributed by atoms with Gasteiger partial charge in [0.1, 0.15) is 27.0 Å². The topological polar surface area (TPSA) is 131 Å². The number of hydrogen-bond donors (Lipinski definition) is 2. The highest BCUT2D eigenvalue weighted by Crippen LogP contribution is 2.43. The third kappa shape index (κ3) is 4.05. The zero-order valence-corrected chi connectivity index (χ0v) is 21.5. The predicted octanol–water partition coefficient (Wildman–Crippen LogP) is 4.37. The van der Waals surface area contributed by atoms with Gasteiger partial charge in [0.2, 0.25) is 0 Å². The Balaban J connectivity index is 2.05. The number of aromatic nitrogens is 3. The van der Waals surface area contributed by atoms with Crippen LogP contribution in [0, 0.1) is 18.6 Å². The number of aryl methyl sites for hydroxylation is 1. The number of H-pyrrole nitrogens is 1. The van der Waals surface area contributed by atoms with E-state index < -0.39 is 48.3 Å². The number of sulfone groups is 1. The van der Waals surface area contributed by atoms with Crippen LogP contribution in [0.2, 0.25) is 5.02 Å². The van der Waals surface area contributed by atoms with Crippen LogP contribution in [0.4, 0.5) is 8.78 Å². The summed E-state index contributed by atoms with van der Waals surface area (Å²) in [6.45, 7) is 3.84. The van der Waals surface area contributed by atoms with Crippen molar-refractivity contribution >= 4 is 38.6 Å². The number of aromatic amines is 1. The van der Waals surface area contributed by atoms with E-state index in [1.54, 1.807) is 6.92 Å². The molecule has 0 aliphatic rings. The van der Waals surface area contributed by atoms with Crippen LogP contribution in [0.5, 0.6) is 5.75 Å². The van der Waals surface area contributed by atoms with Gasteiger partial charge < -0.3 is 14.8 Å². The van der Waals surface area contributed by atoms with Gasteiger partial charge in [-0.2, -0.15) is 0 Å². The van der Waals surface area contributed by atoms with E-state index in [1.807, 2.05) is 0 Å². The van der Waals surface area contributed by atoms with Crippen LogP contribution in [0.3, 0.4) is 0 Å². The second-order valence-corrected chi connectivity index (χ2v) is 11.5. The van der Waals surface area contributed by atoms with E-state index in [9.17, 15) is 31.9 Å². The lowest BCUT2D eigenvalue weighted by molar-refractivity contribution is 0.0690. The molecule has 0 radical (unpaired) electrons. The van der Waals surface area contributed by atoms with Gasteiger partial charge in [0.25, 0.3) is 0 Å². The van der Waals surface area contributed by atoms with Crippen molar-refractivity contribution in [3.63, 3.8) is 0 Å². The molecule has 0 atom stereocenters. The molecule has 0 saturated heterocycles. The summed E-state index contributed by atoms with van der Waals surface area (Å²) in [4.78, 5) is 30.5. The molecule has 2 heterocycles. The normalized spacial score (nSPS) is 12.2. The summed E-state index contributed by atoms with van der Waals surface area (Å²) in [5.41, 5.74) is -1.49. The number of carbonyl (C=O) groups is 1. The van der Waals surface area contributed by atoms with Crippen LogP contribution in [0.1, 0.15) is 35.5 Å². The fourth-order valence-electron chi connectivity index (χ4n) is 4.11. The van der Waals surface area contributed by atoms with Crippen molar-refractivity contribution in [1.82, 2.24) is 14.5 Å². The fourth-order valence-corrected chi connectivity index (χ4v) is 6.04. The fraction of sp³-hybridized carbons (Fsp3) is 0.208. The van der Waals surface area contributed by atoms with Gasteiger partial charge in [-0.3, -0.25) is 0 Å².